The van der Waals surface area contributed by atoms with Gasteiger partial charge in [0.15, 0.2) is 6.04 Å². The van der Waals surface area contributed by atoms with Gasteiger partial charge in [-0.1, -0.05) is 72.3 Å². The number of halogens is 2. The molecule has 3 unspecified atom stereocenters. The van der Waals surface area contributed by atoms with Gasteiger partial charge in [0.05, 0.1) is 6.42 Å². The summed E-state index contributed by atoms with van der Waals surface area (Å²) in [5.41, 5.74) is 1.71. The van der Waals surface area contributed by atoms with Crippen LogP contribution in [0, 0.1) is 0 Å². The Morgan fingerprint density at radius 3 is 2.21 bits per heavy atom. The van der Waals surface area contributed by atoms with E-state index in [2.05, 4.69) is 0 Å². The second kappa shape index (κ2) is 6.19. The summed E-state index contributed by atoms with van der Waals surface area (Å²) in [5.74, 6) is 0. The van der Waals surface area contributed by atoms with Gasteiger partial charge in [0.1, 0.15) is 12.6 Å². The molecule has 2 aromatic rings. The van der Waals surface area contributed by atoms with E-state index in [1.54, 1.807) is 0 Å². The van der Waals surface area contributed by atoms with Crippen molar-refractivity contribution in [3.63, 3.8) is 0 Å². The predicted octanol–water partition coefficient (Wildman–Crippen LogP) is 5.12. The smallest absolute Gasteiger partial charge is 0.435 e. The molecule has 2 aromatic carbocycles. The van der Waals surface area contributed by atoms with Crippen LogP contribution in [0.15, 0.2) is 60.7 Å². The first kappa shape index (κ1) is 16.9. The zero-order valence-electron chi connectivity index (χ0n) is 13.4. The molecule has 24 heavy (non-hydrogen) atoms. The second-order valence-corrected chi connectivity index (χ2v) is 7.05. The Hall–Kier alpha value is -1.91. The maximum atomic E-state index is 14.4. The number of benzene rings is 2. The summed E-state index contributed by atoms with van der Waals surface area (Å²) in [4.78, 5) is 12.4. The summed E-state index contributed by atoms with van der Waals surface area (Å²) in [6, 6.07) is 17.5. The highest BCUT2D eigenvalue weighted by atomic mass is 35.5. The fourth-order valence-corrected chi connectivity index (χ4v) is 3.79. The van der Waals surface area contributed by atoms with Crippen molar-refractivity contribution in [1.29, 1.82) is 0 Å². The van der Waals surface area contributed by atoms with E-state index < -0.39 is 27.8 Å². The lowest BCUT2D eigenvalue weighted by atomic mass is 10.0. The van der Waals surface area contributed by atoms with Crippen LogP contribution in [0.3, 0.4) is 0 Å². The average Bonchev–Trinajstić information content (AvgIpc) is 3.22. The molecule has 1 aliphatic carbocycles. The summed E-state index contributed by atoms with van der Waals surface area (Å²) >= 11 is 5.89. The zero-order chi connectivity index (χ0) is 17.4. The van der Waals surface area contributed by atoms with Crippen LogP contribution in [-0.4, -0.2) is 26.9 Å². The van der Waals surface area contributed by atoms with Crippen LogP contribution in [0.4, 0.5) is 9.18 Å². The monoisotopic (exact) mass is 348 g/mol. The topological polar surface area (TPSA) is 37.3 Å². The van der Waals surface area contributed by atoms with Gasteiger partial charge < -0.3 is 5.11 Å². The van der Waals surface area contributed by atoms with Crippen molar-refractivity contribution >= 4 is 17.7 Å². The first-order chi connectivity index (χ1) is 11.4. The molecule has 1 fully saturated rings. The zero-order valence-corrected chi connectivity index (χ0v) is 14.2. The van der Waals surface area contributed by atoms with E-state index >= 15 is 0 Å². The molecule has 126 valence electrons. The van der Waals surface area contributed by atoms with E-state index in [1.165, 1.54) is 0 Å². The third-order valence-corrected chi connectivity index (χ3v) is 5.37. The van der Waals surface area contributed by atoms with Gasteiger partial charge in [0, 0.05) is 11.1 Å². The highest BCUT2D eigenvalue weighted by Crippen LogP contribution is 2.55. The number of nitrogens with zero attached hydrogens (tertiary/aromatic N) is 1. The van der Waals surface area contributed by atoms with Crippen molar-refractivity contribution < 1.29 is 18.8 Å². The highest BCUT2D eigenvalue weighted by Gasteiger charge is 2.71. The molecule has 1 amide bonds. The lowest BCUT2D eigenvalue weighted by Crippen LogP contribution is -2.56. The van der Waals surface area contributed by atoms with E-state index in [9.17, 15) is 14.3 Å². The Bertz CT molecular complexity index is 723. The molecule has 1 saturated carbocycles. The van der Waals surface area contributed by atoms with E-state index in [1.807, 2.05) is 67.6 Å². The third-order valence-electron chi connectivity index (χ3n) is 4.97. The minimum absolute atomic E-state index is 0.0465. The Morgan fingerprint density at radius 1 is 1.25 bits per heavy atom. The minimum atomic E-state index is -1.96. The van der Waals surface area contributed by atoms with Gasteiger partial charge in [-0.15, -0.1) is 0 Å². The number of alkyl halides is 2. The Kier molecular flexibility index (Phi) is 4.37. The molecule has 3 nitrogen and oxygen atoms in total. The molecule has 0 spiro atoms. The SMILES string of the molecule is CC(c1ccccc1)[N@@+](Cc1ccccc1)(C(=O)O)C1CC1(F)Cl. The number of amides is 1. The number of hydrogen-bond acceptors (Lipinski definition) is 1. The quantitative estimate of drug-likeness (QED) is 0.601. The molecule has 3 rings (SSSR count). The minimum Gasteiger partial charge on any atom is -0.435 e. The number of rotatable bonds is 5. The third kappa shape index (κ3) is 2.92. The van der Waals surface area contributed by atoms with Crippen LogP contribution >= 0.6 is 11.6 Å². The lowest BCUT2D eigenvalue weighted by molar-refractivity contribution is -0.911. The first-order valence-corrected chi connectivity index (χ1v) is 8.33. The maximum absolute atomic E-state index is 14.4. The van der Waals surface area contributed by atoms with Gasteiger partial charge in [-0.3, -0.25) is 0 Å². The molecular formula is C19H20ClFNO2+. The van der Waals surface area contributed by atoms with Crippen LogP contribution in [0.5, 0.6) is 0 Å². The van der Waals surface area contributed by atoms with E-state index in [0.29, 0.717) is 0 Å². The van der Waals surface area contributed by atoms with Crippen molar-refractivity contribution in [3.05, 3.63) is 71.8 Å². The summed E-state index contributed by atoms with van der Waals surface area (Å²) in [5, 5.41) is 8.14. The van der Waals surface area contributed by atoms with Crippen LogP contribution in [0.1, 0.15) is 30.5 Å². The fraction of sp³-hybridized carbons (Fsp3) is 0.316. The molecule has 5 heteroatoms. The van der Waals surface area contributed by atoms with Crippen molar-refractivity contribution in [1.82, 2.24) is 0 Å². The van der Waals surface area contributed by atoms with E-state index in [-0.39, 0.29) is 13.0 Å². The molecule has 0 bridgehead atoms. The van der Waals surface area contributed by atoms with Crippen molar-refractivity contribution in [2.24, 2.45) is 0 Å². The Labute approximate surface area is 145 Å². The fourth-order valence-electron chi connectivity index (χ4n) is 3.47. The molecule has 0 aliphatic heterocycles. The van der Waals surface area contributed by atoms with Crippen molar-refractivity contribution in [2.45, 2.75) is 37.1 Å². The summed E-state index contributed by atoms with van der Waals surface area (Å²) in [6.45, 7) is 2.02. The van der Waals surface area contributed by atoms with Crippen molar-refractivity contribution in [3.8, 4) is 0 Å². The first-order valence-electron chi connectivity index (χ1n) is 7.95. The number of carboxylic acid groups (broad SMARTS) is 1. The van der Waals surface area contributed by atoms with Crippen molar-refractivity contribution in [2.75, 3.05) is 0 Å². The van der Waals surface area contributed by atoms with E-state index in [0.717, 1.165) is 11.1 Å². The second-order valence-electron chi connectivity index (χ2n) is 6.42. The Morgan fingerprint density at radius 2 is 1.75 bits per heavy atom. The summed E-state index contributed by atoms with van der Waals surface area (Å²) < 4.78 is 13.9. The standard InChI is InChI=1S/C19H19ClFNO2/c1-14(16-10-6-3-7-11-16)22(18(23)24,17-12-19(17,20)21)13-15-8-4-2-5-9-15/h2-11,14,17H,12-13H2,1H3/p+1/t14?,17?,19?,22-/m1/s1. The van der Waals surface area contributed by atoms with Gasteiger partial charge in [-0.05, 0) is 6.92 Å². The molecule has 1 aliphatic rings. The van der Waals surface area contributed by atoms with Crippen LogP contribution < -0.4 is 0 Å². The molecule has 0 radical (unpaired) electrons. The molecule has 0 aromatic heterocycles. The Balaban J connectivity index is 2.07. The number of quaternary nitrogens is 1. The normalized spacial score (nSPS) is 26.4. The summed E-state index contributed by atoms with van der Waals surface area (Å²) in [6.07, 6.45) is -1.01. The molecule has 1 N–H and O–H groups in total. The van der Waals surface area contributed by atoms with Gasteiger partial charge in [-0.25, -0.2) is 8.87 Å². The lowest BCUT2D eigenvalue weighted by Gasteiger charge is -2.39. The van der Waals surface area contributed by atoms with Gasteiger partial charge in [0.2, 0.25) is 5.13 Å². The van der Waals surface area contributed by atoms with E-state index in [4.69, 9.17) is 11.6 Å². The van der Waals surface area contributed by atoms with Gasteiger partial charge >= 0.3 is 6.09 Å². The van der Waals surface area contributed by atoms with Gasteiger partial charge in [-0.2, -0.15) is 4.79 Å². The van der Waals surface area contributed by atoms with Crippen LogP contribution in [0.25, 0.3) is 0 Å². The molecule has 0 saturated heterocycles. The number of hydrogen-bond donors (Lipinski definition) is 1. The number of carbonyl (C=O) groups is 1. The van der Waals surface area contributed by atoms with Crippen LogP contribution in [0.2, 0.25) is 0 Å². The van der Waals surface area contributed by atoms with Crippen LogP contribution in [-0.2, 0) is 6.54 Å². The molecule has 0 heterocycles. The molecule has 4 atom stereocenters. The molecular weight excluding hydrogens is 329 g/mol. The largest absolute Gasteiger partial charge is 0.514 e. The average molecular weight is 349 g/mol. The van der Waals surface area contributed by atoms with Gasteiger partial charge in [0.25, 0.3) is 0 Å². The maximum Gasteiger partial charge on any atom is 0.514 e. The predicted molar refractivity (Wildman–Crippen MR) is 91.4 cm³/mol. The highest BCUT2D eigenvalue weighted by molar-refractivity contribution is 6.25. The summed E-state index contributed by atoms with van der Waals surface area (Å²) in [7, 11) is 0.